The highest BCUT2D eigenvalue weighted by atomic mass is 32.2. The van der Waals surface area contributed by atoms with Crippen molar-refractivity contribution >= 4 is 83.7 Å². The van der Waals surface area contributed by atoms with Crippen LogP contribution in [0.3, 0.4) is 0 Å². The summed E-state index contributed by atoms with van der Waals surface area (Å²) < 4.78 is 15.7. The van der Waals surface area contributed by atoms with Gasteiger partial charge in [-0.1, -0.05) is 156 Å². The summed E-state index contributed by atoms with van der Waals surface area (Å²) in [6.45, 7) is 15.3. The van der Waals surface area contributed by atoms with Gasteiger partial charge in [0, 0.05) is 25.0 Å². The number of carbonyl (C=O) groups is 8. The van der Waals surface area contributed by atoms with Crippen molar-refractivity contribution < 1.29 is 57.2 Å². The molecule has 2 aliphatic heterocycles. The minimum absolute atomic E-state index is 0.0284. The number of carbonyl (C=O) groups excluding carboxylic acids is 7. The first kappa shape index (κ1) is 66.5. The summed E-state index contributed by atoms with van der Waals surface area (Å²) >= 11 is 1.44. The van der Waals surface area contributed by atoms with Gasteiger partial charge in [-0.2, -0.15) is 0 Å². The number of nitrogens with one attached hydrogen (secondary N) is 8. The monoisotopic (exact) mass is 1210 g/mol. The molecule has 11 N–H and O–H groups in total. The molecule has 6 rings (SSSR count). The molecule has 2 heterocycles. The van der Waals surface area contributed by atoms with Crippen molar-refractivity contribution in [1.29, 1.82) is 0 Å². The predicted molar refractivity (Wildman–Crippen MR) is 329 cm³/mol. The Labute approximate surface area is 503 Å². The topological polar surface area (TPSA) is 301 Å². The number of guanidine groups is 1. The first-order valence-electron chi connectivity index (χ1n) is 29.0. The number of ether oxygens (including phenoxy) is 1. The number of amides is 7. The van der Waals surface area contributed by atoms with Gasteiger partial charge >= 0.3 is 11.9 Å². The van der Waals surface area contributed by atoms with Crippen LogP contribution in [0.4, 0.5) is 0 Å². The van der Waals surface area contributed by atoms with E-state index in [9.17, 15) is 43.5 Å². The van der Waals surface area contributed by atoms with Gasteiger partial charge in [0.15, 0.2) is 0 Å². The van der Waals surface area contributed by atoms with E-state index in [0.717, 1.165) is 37.5 Å². The van der Waals surface area contributed by atoms with Crippen LogP contribution in [0.5, 0.6) is 0 Å². The van der Waals surface area contributed by atoms with Crippen molar-refractivity contribution in [3.63, 3.8) is 0 Å². The van der Waals surface area contributed by atoms with E-state index in [1.54, 1.807) is 51.1 Å². The van der Waals surface area contributed by atoms with Crippen LogP contribution in [0.2, 0.25) is 5.04 Å². The largest absolute Gasteiger partial charge is 0.480 e. The standard InChI is InChI=1S/C62H84N10O11SSi/c1-40(2)32-49(57(77)68-50(34-52(63)73)58(78)70-51(60(80)81)33-43-20-12-8-13-21-43)69-59(79)55(42(4)82-36-44-22-14-9-15-23-44)71-56(76)41(3)65-53(74)35-64-54(75)39-84-38-46-29-31-72-30-28-45(66-61(72)67-46)37-83-85(62(5,6)7,47-24-16-10-17-25-47)48-26-18-11-19-27-48/h8-27,40-42,45-46,49-51,55H,28-39H2,1-7H3,(H10,63,64,65,66,67,68,69,70,71,73,74,75,76,77,78,79,80,81)/p+1/t41-,42+,45+,46-,49-,50-,51-,55-/m0/s1. The number of carboxylic acids is 1. The lowest BCUT2D eigenvalue weighted by Crippen LogP contribution is -2.68. The van der Waals surface area contributed by atoms with E-state index >= 15 is 0 Å². The minimum atomic E-state index is -2.73. The second-order valence-corrected chi connectivity index (χ2v) is 28.5. The van der Waals surface area contributed by atoms with E-state index < -0.39 is 99.0 Å². The molecule has 458 valence electrons. The van der Waals surface area contributed by atoms with Crippen LogP contribution in [0.1, 0.15) is 85.3 Å². The fourth-order valence-electron chi connectivity index (χ4n) is 10.4. The Hall–Kier alpha value is -7.60. The second kappa shape index (κ2) is 32.1. The van der Waals surface area contributed by atoms with Gasteiger partial charge in [-0.3, -0.25) is 48.8 Å². The van der Waals surface area contributed by atoms with Crippen molar-refractivity contribution in [2.75, 3.05) is 37.7 Å². The van der Waals surface area contributed by atoms with E-state index in [1.807, 2.05) is 42.5 Å². The number of nitrogens with two attached hydrogens (primary N) is 1. The average Bonchev–Trinajstić information content (AvgIpc) is 1.46. The molecule has 7 amide bonds. The molecule has 4 aromatic carbocycles. The highest BCUT2D eigenvalue weighted by Crippen LogP contribution is 2.37. The summed E-state index contributed by atoms with van der Waals surface area (Å²) in [7, 11) is -2.73. The van der Waals surface area contributed by atoms with E-state index in [-0.39, 0.29) is 54.1 Å². The Morgan fingerprint density at radius 3 is 1.76 bits per heavy atom. The first-order valence-corrected chi connectivity index (χ1v) is 32.0. The fourth-order valence-corrected chi connectivity index (χ4v) is 15.9. The Morgan fingerprint density at radius 2 is 1.20 bits per heavy atom. The number of benzene rings is 4. The van der Waals surface area contributed by atoms with Crippen molar-refractivity contribution in [3.05, 3.63) is 132 Å². The fraction of sp³-hybridized carbons (Fsp3) is 0.468. The number of carboxylic acid groups (broad SMARTS) is 1. The van der Waals surface area contributed by atoms with E-state index in [2.05, 4.69) is 116 Å². The van der Waals surface area contributed by atoms with E-state index in [4.69, 9.17) is 14.9 Å². The lowest BCUT2D eigenvalue weighted by atomic mass is 10.0. The van der Waals surface area contributed by atoms with Crippen LogP contribution in [-0.2, 0) is 60.5 Å². The van der Waals surface area contributed by atoms with E-state index in [1.165, 1.54) is 29.1 Å². The van der Waals surface area contributed by atoms with Gasteiger partial charge in [-0.25, -0.2) is 4.79 Å². The zero-order chi connectivity index (χ0) is 61.7. The number of rotatable bonds is 31. The summed E-state index contributed by atoms with van der Waals surface area (Å²) in [5.74, 6) is -5.36. The summed E-state index contributed by atoms with van der Waals surface area (Å²) in [4.78, 5) is 106. The molecule has 0 bridgehead atoms. The van der Waals surface area contributed by atoms with Crippen molar-refractivity contribution in [2.24, 2.45) is 11.7 Å². The smallest absolute Gasteiger partial charge is 0.346 e. The third kappa shape index (κ3) is 20.0. The number of nitrogens with zero attached hydrogens (tertiary/aromatic N) is 1. The van der Waals surface area contributed by atoms with Gasteiger partial charge in [0.2, 0.25) is 41.4 Å². The van der Waals surface area contributed by atoms with Gasteiger partial charge < -0.3 is 51.9 Å². The van der Waals surface area contributed by atoms with Crippen LogP contribution in [0, 0.1) is 5.92 Å². The molecule has 8 atom stereocenters. The van der Waals surface area contributed by atoms with Gasteiger partial charge in [0.25, 0.3) is 8.32 Å². The Balaban J connectivity index is 0.999. The van der Waals surface area contributed by atoms with Gasteiger partial charge in [-0.05, 0) is 52.7 Å². The normalized spacial score (nSPS) is 17.2. The minimum Gasteiger partial charge on any atom is -0.480 e. The average molecular weight is 1210 g/mol. The number of primary amides is 1. The van der Waals surface area contributed by atoms with Gasteiger partial charge in [-0.15, -0.1) is 11.8 Å². The Morgan fingerprint density at radius 1 is 0.671 bits per heavy atom. The SMILES string of the molecule is CC(C)C[C@H](NC(=O)[C@@H](NC(=O)[C@H](C)NC(=O)CNC(=O)CSC[C@@H]1CC[N+]2=C(N[C@@H](CO[Si](c3ccccc3)(c3ccccc3)C(C)(C)C)CC2)N1)[C@@H](C)OCc1ccccc1)C(=O)N[C@@H](CC(N)=O)C(=O)N[C@@H](Cc1ccccc1)C(=O)O. The molecule has 0 unspecified atom stereocenters. The van der Waals surface area contributed by atoms with Crippen LogP contribution in [0.25, 0.3) is 0 Å². The number of thioether (sulfide) groups is 1. The van der Waals surface area contributed by atoms with Crippen LogP contribution in [-0.4, -0.2) is 157 Å². The van der Waals surface area contributed by atoms with Crippen LogP contribution >= 0.6 is 11.8 Å². The van der Waals surface area contributed by atoms with Crippen LogP contribution in [0.15, 0.2) is 121 Å². The Kier molecular flexibility index (Phi) is 25.1. The maximum absolute atomic E-state index is 14.3. The highest BCUT2D eigenvalue weighted by Gasteiger charge is 2.51. The molecule has 0 aromatic heterocycles. The van der Waals surface area contributed by atoms with E-state index in [0.29, 0.717) is 17.9 Å². The molecule has 2 aliphatic rings. The number of aliphatic carboxylic acids is 1. The lowest BCUT2D eigenvalue weighted by Gasteiger charge is -2.44. The maximum atomic E-state index is 14.3. The second-order valence-electron chi connectivity index (χ2n) is 23.2. The zero-order valence-electron chi connectivity index (χ0n) is 49.7. The molecular weight excluding hydrogens is 1120 g/mol. The molecule has 21 nitrogen and oxygen atoms in total. The third-order valence-corrected chi connectivity index (χ3v) is 21.0. The molecule has 0 saturated heterocycles. The quantitative estimate of drug-likeness (QED) is 0.0254. The number of hydrogen-bond acceptors (Lipinski definition) is 13. The predicted octanol–water partition coefficient (Wildman–Crippen LogP) is 1.80. The molecule has 0 aliphatic carbocycles. The number of hydrogen-bond donors (Lipinski definition) is 10. The van der Waals surface area contributed by atoms with Gasteiger partial charge in [0.1, 0.15) is 30.2 Å². The first-order chi connectivity index (χ1) is 40.5. The summed E-state index contributed by atoms with van der Waals surface area (Å²) in [5, 5.41) is 35.0. The van der Waals surface area contributed by atoms with Crippen molar-refractivity contribution in [2.45, 2.75) is 141 Å². The molecular formula is C62H85N10O11SSi+. The van der Waals surface area contributed by atoms with Crippen molar-refractivity contribution in [1.82, 2.24) is 42.5 Å². The maximum Gasteiger partial charge on any atom is 0.346 e. The summed E-state index contributed by atoms with van der Waals surface area (Å²) in [6, 6.07) is 32.0. The third-order valence-electron chi connectivity index (χ3n) is 14.9. The van der Waals surface area contributed by atoms with Crippen LogP contribution < -0.4 is 58.6 Å². The molecule has 0 radical (unpaired) electrons. The molecule has 4 aromatic rings. The molecule has 85 heavy (non-hydrogen) atoms. The van der Waals surface area contributed by atoms with Gasteiger partial charge in [0.05, 0.1) is 63.2 Å². The van der Waals surface area contributed by atoms with Crippen molar-refractivity contribution in [3.8, 4) is 0 Å². The molecule has 0 spiro atoms. The zero-order valence-corrected chi connectivity index (χ0v) is 51.5. The molecule has 0 fully saturated rings. The Bertz CT molecular complexity index is 2880. The lowest BCUT2D eigenvalue weighted by molar-refractivity contribution is -0.542. The molecule has 0 saturated carbocycles. The summed E-state index contributed by atoms with van der Waals surface area (Å²) in [6.07, 6.45) is 0.0344. The molecule has 23 heteroatoms. The highest BCUT2D eigenvalue weighted by molar-refractivity contribution is 8.00. The summed E-state index contributed by atoms with van der Waals surface area (Å²) in [5.41, 5.74) is 6.85.